The van der Waals surface area contributed by atoms with Crippen LogP contribution in [0.15, 0.2) is 30.0 Å². The molecule has 21 heavy (non-hydrogen) atoms. The summed E-state index contributed by atoms with van der Waals surface area (Å²) in [6, 6.07) is 8.42. The van der Waals surface area contributed by atoms with E-state index in [9.17, 15) is 4.79 Å². The van der Waals surface area contributed by atoms with Crippen LogP contribution in [0.1, 0.15) is 47.4 Å². The van der Waals surface area contributed by atoms with E-state index in [-0.39, 0.29) is 13.3 Å². The number of hydrogen-bond donors (Lipinski definition) is 0. The largest absolute Gasteiger partial charge is 1.00 e. The van der Waals surface area contributed by atoms with Gasteiger partial charge in [0.15, 0.2) is 12.6 Å². The number of fused-ring (bicyclic) bond motifs is 7. The maximum atomic E-state index is 12.3. The molecule has 1 atom stereocenters. The number of carbonyl (C=O) groups excluding carboxylic acids is 1. The molecule has 2 aliphatic carbocycles. The Morgan fingerprint density at radius 3 is 2.95 bits per heavy atom. The quantitative estimate of drug-likeness (QED) is 0.734. The van der Waals surface area contributed by atoms with Gasteiger partial charge in [-0.25, -0.2) is 0 Å². The molecule has 1 fully saturated rings. The van der Waals surface area contributed by atoms with Crippen LogP contribution >= 0.6 is 0 Å². The zero-order valence-corrected chi connectivity index (χ0v) is 11.5. The molecule has 3 aliphatic rings. The van der Waals surface area contributed by atoms with Gasteiger partial charge in [-0.15, -0.1) is 0 Å². The highest BCUT2D eigenvalue weighted by molar-refractivity contribution is 6.12. The van der Waals surface area contributed by atoms with Gasteiger partial charge in [-0.2, -0.15) is 0 Å². The van der Waals surface area contributed by atoms with E-state index in [1.807, 2.05) is 0 Å². The predicted molar refractivity (Wildman–Crippen MR) is 80.1 cm³/mol. The van der Waals surface area contributed by atoms with Crippen molar-refractivity contribution in [3.63, 3.8) is 0 Å². The van der Waals surface area contributed by atoms with Crippen LogP contribution in [0.25, 0.3) is 16.8 Å². The summed E-state index contributed by atoms with van der Waals surface area (Å²) < 4.78 is 11.1. The van der Waals surface area contributed by atoms with Crippen molar-refractivity contribution in [2.75, 3.05) is 6.79 Å². The zero-order valence-electron chi connectivity index (χ0n) is 12.5. The van der Waals surface area contributed by atoms with Gasteiger partial charge in [0, 0.05) is 12.0 Å². The minimum absolute atomic E-state index is 0. The van der Waals surface area contributed by atoms with Crippen molar-refractivity contribution < 1.29 is 15.7 Å². The van der Waals surface area contributed by atoms with Crippen molar-refractivity contribution in [1.29, 1.82) is 0 Å². The maximum absolute atomic E-state index is 12.3. The highest BCUT2D eigenvalue weighted by atomic mass is 16.7. The number of rotatable bonds is 0. The summed E-state index contributed by atoms with van der Waals surface area (Å²) >= 11 is 0. The lowest BCUT2D eigenvalue weighted by Gasteiger charge is -2.18. The van der Waals surface area contributed by atoms with Gasteiger partial charge in [-0.05, 0) is 46.4 Å². The summed E-state index contributed by atoms with van der Waals surface area (Å²) in [7, 11) is 0. The van der Waals surface area contributed by atoms with Gasteiger partial charge in [0.2, 0.25) is 0 Å². The van der Waals surface area contributed by atoms with E-state index in [0.717, 1.165) is 46.1 Å². The molecule has 0 amide bonds. The van der Waals surface area contributed by atoms with Gasteiger partial charge in [-0.1, -0.05) is 24.3 Å². The van der Waals surface area contributed by atoms with Crippen LogP contribution in [0.2, 0.25) is 0 Å². The lowest BCUT2D eigenvalue weighted by Crippen LogP contribution is -2.11. The standard InChI is InChI=1S/C18H14O3/c19-15-3-1-2-10-4-5-11-12(17(10)15)6-7-13-14(11)8-16-18(13)21-9-20-16/h4-8,18H,1-3,9H2/p+1. The highest BCUT2D eigenvalue weighted by Crippen LogP contribution is 2.45. The first kappa shape index (κ1) is 11.5. The van der Waals surface area contributed by atoms with E-state index >= 15 is 0 Å². The summed E-state index contributed by atoms with van der Waals surface area (Å²) in [5.74, 6) is 1.17. The summed E-state index contributed by atoms with van der Waals surface area (Å²) in [5, 5.41) is 2.21. The topological polar surface area (TPSA) is 35.5 Å². The Labute approximate surface area is 123 Å². The Bertz CT molecular complexity index is 838. The van der Waals surface area contributed by atoms with Crippen molar-refractivity contribution >= 4 is 22.6 Å². The smallest absolute Gasteiger partial charge is 0.469 e. The number of ether oxygens (including phenoxy) is 2. The second-order valence-corrected chi connectivity index (χ2v) is 5.90. The van der Waals surface area contributed by atoms with Gasteiger partial charge in [0.25, 0.3) is 0 Å². The molecule has 0 aromatic heterocycles. The molecule has 0 radical (unpaired) electrons. The van der Waals surface area contributed by atoms with Crippen molar-refractivity contribution in [2.45, 2.75) is 25.4 Å². The molecule has 2 aromatic carbocycles. The average molecular weight is 279 g/mol. The molecule has 1 aliphatic heterocycles. The Balaban J connectivity index is 0.00000125. The highest BCUT2D eigenvalue weighted by Gasteiger charge is 2.33. The van der Waals surface area contributed by atoms with Gasteiger partial charge in [0.1, 0.15) is 11.9 Å². The third-order valence-corrected chi connectivity index (χ3v) is 4.78. The molecule has 1 heterocycles. The van der Waals surface area contributed by atoms with Crippen molar-refractivity contribution in [2.24, 2.45) is 0 Å². The maximum Gasteiger partial charge on any atom is 1.00 e. The second-order valence-electron chi connectivity index (χ2n) is 5.90. The molecule has 0 bridgehead atoms. The predicted octanol–water partition coefficient (Wildman–Crippen LogP) is 3.87. The SMILES string of the molecule is O=C1CCCc2ccc3c4c(ccc3c21)C1OCOC1=C4.[H+]. The first-order valence-electron chi connectivity index (χ1n) is 7.40. The molecule has 0 saturated carbocycles. The van der Waals surface area contributed by atoms with Crippen molar-refractivity contribution in [3.05, 3.63) is 52.3 Å². The van der Waals surface area contributed by atoms with Crippen LogP contribution in [0.5, 0.6) is 0 Å². The molecular formula is C18H15O3+. The van der Waals surface area contributed by atoms with E-state index < -0.39 is 0 Å². The molecule has 0 N–H and O–H groups in total. The number of carbonyl (C=O) groups is 1. The molecule has 5 rings (SSSR count). The molecule has 3 nitrogen and oxygen atoms in total. The van der Waals surface area contributed by atoms with Gasteiger partial charge in [0.05, 0.1) is 0 Å². The number of benzene rings is 2. The third kappa shape index (κ3) is 1.44. The third-order valence-electron chi connectivity index (χ3n) is 4.78. The molecule has 2 aromatic rings. The Morgan fingerprint density at radius 1 is 1.10 bits per heavy atom. The fourth-order valence-electron chi connectivity index (χ4n) is 3.81. The van der Waals surface area contributed by atoms with Crippen LogP contribution in [0.4, 0.5) is 0 Å². The van der Waals surface area contributed by atoms with Gasteiger partial charge in [-0.3, -0.25) is 4.79 Å². The van der Waals surface area contributed by atoms with Crippen LogP contribution < -0.4 is 0 Å². The molecular weight excluding hydrogens is 264 g/mol. The number of hydrogen-bond acceptors (Lipinski definition) is 3. The Kier molecular flexibility index (Phi) is 2.17. The van der Waals surface area contributed by atoms with E-state index in [2.05, 4.69) is 30.3 Å². The van der Waals surface area contributed by atoms with Crippen LogP contribution in [0, 0.1) is 0 Å². The Morgan fingerprint density at radius 2 is 2.00 bits per heavy atom. The van der Waals surface area contributed by atoms with Crippen LogP contribution in [-0.2, 0) is 15.9 Å². The first-order valence-corrected chi connectivity index (χ1v) is 7.40. The van der Waals surface area contributed by atoms with Crippen LogP contribution in [0.3, 0.4) is 0 Å². The molecule has 1 saturated heterocycles. The van der Waals surface area contributed by atoms with E-state index in [0.29, 0.717) is 13.2 Å². The number of Topliss-reactive ketones (excluding diaryl/α,β-unsaturated/α-hetero) is 1. The average Bonchev–Trinajstić information content (AvgIpc) is 3.07. The van der Waals surface area contributed by atoms with Crippen molar-refractivity contribution in [3.8, 4) is 0 Å². The minimum atomic E-state index is -0.0591. The lowest BCUT2D eigenvalue weighted by atomic mass is 9.85. The fraction of sp³-hybridized carbons (Fsp3) is 0.278. The van der Waals surface area contributed by atoms with E-state index in [1.165, 1.54) is 5.56 Å². The summed E-state index contributed by atoms with van der Waals surface area (Å²) in [6.07, 6.45) is 4.64. The first-order chi connectivity index (χ1) is 10.3. The summed E-state index contributed by atoms with van der Waals surface area (Å²) in [5.41, 5.74) is 4.42. The summed E-state index contributed by atoms with van der Waals surface area (Å²) in [4.78, 5) is 12.3. The zero-order chi connectivity index (χ0) is 14.0. The molecule has 104 valence electrons. The minimum Gasteiger partial charge on any atom is -0.469 e. The van der Waals surface area contributed by atoms with Gasteiger partial charge >= 0.3 is 1.43 Å². The normalized spacial score (nSPS) is 22.6. The number of ketones is 1. The molecule has 0 spiro atoms. The van der Waals surface area contributed by atoms with E-state index in [1.54, 1.807) is 0 Å². The summed E-state index contributed by atoms with van der Waals surface area (Å²) in [6.45, 7) is 0.330. The number of aryl methyl sites for hydroxylation is 1. The second kappa shape index (κ2) is 3.95. The molecule has 3 heteroatoms. The molecule has 1 unspecified atom stereocenters. The van der Waals surface area contributed by atoms with Crippen LogP contribution in [-0.4, -0.2) is 12.6 Å². The van der Waals surface area contributed by atoms with E-state index in [4.69, 9.17) is 9.47 Å². The lowest BCUT2D eigenvalue weighted by molar-refractivity contribution is 0.0490. The van der Waals surface area contributed by atoms with Crippen molar-refractivity contribution in [1.82, 2.24) is 0 Å². The van der Waals surface area contributed by atoms with Gasteiger partial charge < -0.3 is 9.47 Å². The Hall–Kier alpha value is -2.13. The fourth-order valence-corrected chi connectivity index (χ4v) is 3.81. The monoisotopic (exact) mass is 279 g/mol.